The van der Waals surface area contributed by atoms with Crippen LogP contribution in [-0.2, 0) is 16.1 Å². The molecule has 160 valence electrons. The standard InChI is InChI=1S/C24H32N4O2/c29-23(25-11-5-13-28-12-4-10-24(28)30)19-27-16-14-26(15-17-27)18-21-8-3-7-20-6-1-2-9-22(20)21/h1-3,6-9H,4-5,10-19H2,(H,25,29). The van der Waals surface area contributed by atoms with E-state index in [9.17, 15) is 9.59 Å². The zero-order valence-corrected chi connectivity index (χ0v) is 17.7. The van der Waals surface area contributed by atoms with Crippen molar-refractivity contribution in [3.63, 3.8) is 0 Å². The maximum Gasteiger partial charge on any atom is 0.234 e. The number of amides is 2. The Morgan fingerprint density at radius 3 is 2.50 bits per heavy atom. The third-order valence-electron chi connectivity index (χ3n) is 6.20. The molecule has 2 heterocycles. The fraction of sp³-hybridized carbons (Fsp3) is 0.500. The van der Waals surface area contributed by atoms with E-state index in [0.29, 0.717) is 19.5 Å². The van der Waals surface area contributed by atoms with E-state index >= 15 is 0 Å². The minimum Gasteiger partial charge on any atom is -0.355 e. The highest BCUT2D eigenvalue weighted by molar-refractivity contribution is 5.85. The molecule has 30 heavy (non-hydrogen) atoms. The summed E-state index contributed by atoms with van der Waals surface area (Å²) in [5.41, 5.74) is 1.37. The van der Waals surface area contributed by atoms with Gasteiger partial charge in [0.05, 0.1) is 6.54 Å². The Hall–Kier alpha value is -2.44. The van der Waals surface area contributed by atoms with Gasteiger partial charge in [0.25, 0.3) is 0 Å². The van der Waals surface area contributed by atoms with Gasteiger partial charge in [0.2, 0.25) is 11.8 Å². The van der Waals surface area contributed by atoms with Gasteiger partial charge in [-0.3, -0.25) is 19.4 Å². The summed E-state index contributed by atoms with van der Waals surface area (Å²) >= 11 is 0. The smallest absolute Gasteiger partial charge is 0.234 e. The van der Waals surface area contributed by atoms with E-state index in [4.69, 9.17) is 0 Å². The predicted octanol–water partition coefficient (Wildman–Crippen LogP) is 2.09. The van der Waals surface area contributed by atoms with Gasteiger partial charge < -0.3 is 10.2 Å². The number of nitrogens with zero attached hydrogens (tertiary/aromatic N) is 3. The van der Waals surface area contributed by atoms with Crippen molar-refractivity contribution in [1.82, 2.24) is 20.0 Å². The third-order valence-corrected chi connectivity index (χ3v) is 6.20. The molecule has 0 atom stereocenters. The highest BCUT2D eigenvalue weighted by atomic mass is 16.2. The number of rotatable bonds is 8. The Morgan fingerprint density at radius 1 is 0.933 bits per heavy atom. The minimum atomic E-state index is 0.0882. The molecule has 2 aliphatic rings. The molecule has 0 aromatic heterocycles. The highest BCUT2D eigenvalue weighted by Gasteiger charge is 2.21. The van der Waals surface area contributed by atoms with Gasteiger partial charge in [0.15, 0.2) is 0 Å². The number of carbonyl (C=O) groups is 2. The number of likely N-dealkylation sites (tertiary alicyclic amines) is 1. The first kappa shape index (κ1) is 20.8. The molecule has 0 radical (unpaired) electrons. The molecule has 0 saturated carbocycles. The average molecular weight is 409 g/mol. The van der Waals surface area contributed by atoms with Crippen molar-refractivity contribution in [3.8, 4) is 0 Å². The Morgan fingerprint density at radius 2 is 1.70 bits per heavy atom. The van der Waals surface area contributed by atoms with E-state index in [1.165, 1.54) is 16.3 Å². The van der Waals surface area contributed by atoms with E-state index in [-0.39, 0.29) is 11.8 Å². The zero-order chi connectivity index (χ0) is 20.8. The fourth-order valence-corrected chi connectivity index (χ4v) is 4.47. The van der Waals surface area contributed by atoms with Crippen LogP contribution in [0.2, 0.25) is 0 Å². The Bertz CT molecular complexity index is 871. The molecule has 0 aliphatic carbocycles. The van der Waals surface area contributed by atoms with Gasteiger partial charge in [-0.1, -0.05) is 42.5 Å². The Labute approximate surface area is 178 Å². The van der Waals surface area contributed by atoms with E-state index in [1.807, 2.05) is 4.90 Å². The van der Waals surface area contributed by atoms with E-state index in [1.54, 1.807) is 0 Å². The quantitative estimate of drug-likeness (QED) is 0.680. The lowest BCUT2D eigenvalue weighted by atomic mass is 10.0. The normalized spacial score (nSPS) is 18.3. The molecular weight excluding hydrogens is 376 g/mol. The molecular formula is C24H32N4O2. The SMILES string of the molecule is O=C(CN1CCN(Cc2cccc3ccccc23)CC1)NCCCN1CCCC1=O. The van der Waals surface area contributed by atoms with Gasteiger partial charge in [-0.05, 0) is 29.2 Å². The van der Waals surface area contributed by atoms with Crippen LogP contribution in [-0.4, -0.2) is 78.9 Å². The molecule has 0 bridgehead atoms. The summed E-state index contributed by atoms with van der Waals surface area (Å²) in [6, 6.07) is 15.1. The van der Waals surface area contributed by atoms with Gasteiger partial charge in [0, 0.05) is 58.8 Å². The van der Waals surface area contributed by atoms with Crippen molar-refractivity contribution < 1.29 is 9.59 Å². The van der Waals surface area contributed by atoms with Gasteiger partial charge >= 0.3 is 0 Å². The summed E-state index contributed by atoms with van der Waals surface area (Å²) in [6.45, 7) is 7.48. The second-order valence-electron chi connectivity index (χ2n) is 8.38. The van der Waals surface area contributed by atoms with Crippen molar-refractivity contribution in [3.05, 3.63) is 48.0 Å². The van der Waals surface area contributed by atoms with E-state index < -0.39 is 0 Å². The second-order valence-corrected chi connectivity index (χ2v) is 8.38. The van der Waals surface area contributed by atoms with Crippen LogP contribution in [0.5, 0.6) is 0 Å². The first-order valence-corrected chi connectivity index (χ1v) is 11.1. The molecule has 0 spiro atoms. The van der Waals surface area contributed by atoms with Crippen LogP contribution >= 0.6 is 0 Å². The highest BCUT2D eigenvalue weighted by Crippen LogP contribution is 2.20. The zero-order valence-electron chi connectivity index (χ0n) is 17.7. The minimum absolute atomic E-state index is 0.0882. The predicted molar refractivity (Wildman–Crippen MR) is 119 cm³/mol. The van der Waals surface area contributed by atoms with Crippen LogP contribution in [0, 0.1) is 0 Å². The summed E-state index contributed by atoms with van der Waals surface area (Å²) in [5.74, 6) is 0.341. The van der Waals surface area contributed by atoms with Gasteiger partial charge in [-0.15, -0.1) is 0 Å². The molecule has 2 saturated heterocycles. The molecule has 2 aromatic carbocycles. The van der Waals surface area contributed by atoms with Gasteiger partial charge in [-0.25, -0.2) is 0 Å². The lowest BCUT2D eigenvalue weighted by Crippen LogP contribution is -2.49. The summed E-state index contributed by atoms with van der Waals surface area (Å²) in [4.78, 5) is 30.5. The number of benzene rings is 2. The largest absolute Gasteiger partial charge is 0.355 e. The Kier molecular flexibility index (Phi) is 6.97. The van der Waals surface area contributed by atoms with Crippen molar-refractivity contribution in [2.24, 2.45) is 0 Å². The number of piperazine rings is 1. The fourth-order valence-electron chi connectivity index (χ4n) is 4.47. The van der Waals surface area contributed by atoms with Crippen LogP contribution < -0.4 is 5.32 Å². The summed E-state index contributed by atoms with van der Waals surface area (Å²) in [5, 5.41) is 5.63. The summed E-state index contributed by atoms with van der Waals surface area (Å²) < 4.78 is 0. The van der Waals surface area contributed by atoms with Crippen LogP contribution in [0.4, 0.5) is 0 Å². The van der Waals surface area contributed by atoms with E-state index in [0.717, 1.165) is 58.7 Å². The number of hydrogen-bond donors (Lipinski definition) is 1. The van der Waals surface area contributed by atoms with Crippen molar-refractivity contribution in [1.29, 1.82) is 0 Å². The molecule has 0 unspecified atom stereocenters. The lowest BCUT2D eigenvalue weighted by molar-refractivity contribution is -0.127. The lowest BCUT2D eigenvalue weighted by Gasteiger charge is -2.34. The number of nitrogens with one attached hydrogen (secondary N) is 1. The molecule has 2 aliphatic heterocycles. The van der Waals surface area contributed by atoms with Gasteiger partial charge in [-0.2, -0.15) is 0 Å². The molecule has 4 rings (SSSR count). The Balaban J connectivity index is 1.15. The molecule has 2 aromatic rings. The topological polar surface area (TPSA) is 55.9 Å². The maximum atomic E-state index is 12.2. The van der Waals surface area contributed by atoms with Crippen LogP contribution in [0.3, 0.4) is 0 Å². The van der Waals surface area contributed by atoms with Gasteiger partial charge in [0.1, 0.15) is 0 Å². The molecule has 6 nitrogen and oxygen atoms in total. The van der Waals surface area contributed by atoms with Crippen molar-refractivity contribution >= 4 is 22.6 Å². The number of carbonyl (C=O) groups excluding carboxylic acids is 2. The average Bonchev–Trinajstić information content (AvgIpc) is 3.17. The first-order valence-electron chi connectivity index (χ1n) is 11.1. The second kappa shape index (κ2) is 10.0. The number of hydrogen-bond acceptors (Lipinski definition) is 4. The van der Waals surface area contributed by atoms with Crippen molar-refractivity contribution in [2.45, 2.75) is 25.8 Å². The summed E-state index contributed by atoms with van der Waals surface area (Å²) in [6.07, 6.45) is 2.48. The van der Waals surface area contributed by atoms with Crippen LogP contribution in [0.15, 0.2) is 42.5 Å². The maximum absolute atomic E-state index is 12.2. The van der Waals surface area contributed by atoms with Crippen LogP contribution in [0.25, 0.3) is 10.8 Å². The van der Waals surface area contributed by atoms with Crippen molar-refractivity contribution in [2.75, 3.05) is 52.4 Å². The molecule has 2 amide bonds. The first-order chi connectivity index (χ1) is 14.7. The van der Waals surface area contributed by atoms with Crippen LogP contribution in [0.1, 0.15) is 24.8 Å². The molecule has 6 heteroatoms. The molecule has 1 N–H and O–H groups in total. The molecule has 2 fully saturated rings. The monoisotopic (exact) mass is 408 g/mol. The summed E-state index contributed by atoms with van der Waals surface area (Å²) in [7, 11) is 0. The van der Waals surface area contributed by atoms with E-state index in [2.05, 4.69) is 57.6 Å². The number of fused-ring (bicyclic) bond motifs is 1. The third kappa shape index (κ3) is 5.37.